The molecule has 0 heterocycles. The fourth-order valence-corrected chi connectivity index (χ4v) is 0.670. The number of alkyl halides is 3. The maximum absolute atomic E-state index is 11.6. The highest BCUT2D eigenvalue weighted by atomic mass is 19.4. The number of halogens is 3. The van der Waals surface area contributed by atoms with Gasteiger partial charge in [-0.15, -0.1) is 0 Å². The number of ether oxygens (including phenoxy) is 1. The molecule has 0 saturated carbocycles. The summed E-state index contributed by atoms with van der Waals surface area (Å²) in [5, 5.41) is 10.9. The van der Waals surface area contributed by atoms with Crippen molar-refractivity contribution < 1.29 is 22.7 Å². The lowest BCUT2D eigenvalue weighted by atomic mass is 9.96. The first-order valence-corrected chi connectivity index (χ1v) is 4.49. The Morgan fingerprint density at radius 2 is 2.00 bits per heavy atom. The molecule has 0 rings (SSSR count). The number of carbonyl (C=O) groups excluding carboxylic acids is 1. The van der Waals surface area contributed by atoms with Gasteiger partial charge in [-0.1, -0.05) is 0 Å². The number of nitriles is 1. The first kappa shape index (κ1) is 14.7. The summed E-state index contributed by atoms with van der Waals surface area (Å²) in [4.78, 5) is 11.0. The van der Waals surface area contributed by atoms with Crippen LogP contribution in [0.1, 0.15) is 13.8 Å². The maximum atomic E-state index is 11.6. The van der Waals surface area contributed by atoms with Crippen LogP contribution in [0.25, 0.3) is 0 Å². The van der Waals surface area contributed by atoms with E-state index in [1.807, 2.05) is 6.07 Å². The van der Waals surface area contributed by atoms with Gasteiger partial charge in [-0.3, -0.25) is 4.79 Å². The Morgan fingerprint density at radius 3 is 2.44 bits per heavy atom. The van der Waals surface area contributed by atoms with Crippen molar-refractivity contribution in [2.75, 3.05) is 19.8 Å². The van der Waals surface area contributed by atoms with Crippen molar-refractivity contribution in [2.45, 2.75) is 20.0 Å². The highest BCUT2D eigenvalue weighted by Crippen LogP contribution is 2.14. The van der Waals surface area contributed by atoms with Crippen LogP contribution in [-0.2, 0) is 9.53 Å². The molecule has 0 aliphatic carbocycles. The summed E-state index contributed by atoms with van der Waals surface area (Å²) in [7, 11) is 0. The molecule has 0 bridgehead atoms. The van der Waals surface area contributed by atoms with Gasteiger partial charge in [0, 0.05) is 6.54 Å². The van der Waals surface area contributed by atoms with Crippen molar-refractivity contribution in [3.05, 3.63) is 0 Å². The molecule has 0 atom stereocenters. The molecular formula is C9H13F3N2O2. The third-order valence-electron chi connectivity index (χ3n) is 1.53. The first-order chi connectivity index (χ1) is 7.16. The summed E-state index contributed by atoms with van der Waals surface area (Å²) in [6.07, 6.45) is -4.44. The van der Waals surface area contributed by atoms with Gasteiger partial charge in [0.15, 0.2) is 0 Å². The molecule has 0 unspecified atom stereocenters. The molecule has 0 aliphatic heterocycles. The van der Waals surface area contributed by atoms with Gasteiger partial charge in [0.25, 0.3) is 0 Å². The Kier molecular flexibility index (Phi) is 5.24. The lowest BCUT2D eigenvalue weighted by Crippen LogP contribution is -2.36. The van der Waals surface area contributed by atoms with Gasteiger partial charge < -0.3 is 10.1 Å². The van der Waals surface area contributed by atoms with Crippen LogP contribution >= 0.6 is 0 Å². The molecule has 4 nitrogen and oxygen atoms in total. The number of hydrogen-bond acceptors (Lipinski definition) is 3. The van der Waals surface area contributed by atoms with E-state index >= 15 is 0 Å². The quantitative estimate of drug-likeness (QED) is 0.783. The van der Waals surface area contributed by atoms with E-state index in [9.17, 15) is 18.0 Å². The van der Waals surface area contributed by atoms with E-state index in [2.05, 4.69) is 10.1 Å². The monoisotopic (exact) mass is 238 g/mol. The Labute approximate surface area is 91.4 Å². The number of carbonyl (C=O) groups is 1. The molecule has 16 heavy (non-hydrogen) atoms. The second-order valence-corrected chi connectivity index (χ2v) is 3.88. The first-order valence-electron chi connectivity index (χ1n) is 4.49. The second-order valence-electron chi connectivity index (χ2n) is 3.88. The molecule has 0 aliphatic rings. The molecule has 0 saturated heterocycles. The summed E-state index contributed by atoms with van der Waals surface area (Å²) >= 11 is 0. The van der Waals surface area contributed by atoms with Crippen molar-refractivity contribution in [1.29, 1.82) is 5.26 Å². The average Bonchev–Trinajstić information content (AvgIpc) is 2.13. The van der Waals surface area contributed by atoms with Gasteiger partial charge in [-0.25, -0.2) is 0 Å². The van der Waals surface area contributed by atoms with E-state index in [0.29, 0.717) is 0 Å². The zero-order chi connectivity index (χ0) is 12.8. The fraction of sp³-hybridized carbons (Fsp3) is 0.778. The fourth-order valence-electron chi connectivity index (χ4n) is 0.670. The van der Waals surface area contributed by atoms with Crippen molar-refractivity contribution >= 4 is 5.91 Å². The minimum atomic E-state index is -4.44. The normalized spacial score (nSPS) is 12.0. The second kappa shape index (κ2) is 5.70. The SMILES string of the molecule is CC(C)(C#N)CNC(=O)COCC(F)(F)F. The summed E-state index contributed by atoms with van der Waals surface area (Å²) in [5.41, 5.74) is -0.750. The predicted octanol–water partition coefficient (Wildman–Crippen LogP) is 1.23. The Hall–Kier alpha value is -1.29. The predicted molar refractivity (Wildman–Crippen MR) is 49.3 cm³/mol. The smallest absolute Gasteiger partial charge is 0.362 e. The van der Waals surface area contributed by atoms with Crippen LogP contribution in [0.5, 0.6) is 0 Å². The molecule has 7 heteroatoms. The lowest BCUT2D eigenvalue weighted by Gasteiger charge is -2.15. The number of hydrogen-bond donors (Lipinski definition) is 1. The van der Waals surface area contributed by atoms with Crippen molar-refractivity contribution in [2.24, 2.45) is 5.41 Å². The number of nitrogens with one attached hydrogen (secondary N) is 1. The molecular weight excluding hydrogens is 225 g/mol. The molecule has 92 valence electrons. The standard InChI is InChI=1S/C9H13F3N2O2/c1-8(2,4-13)5-14-7(15)3-16-6-9(10,11)12/h3,5-6H2,1-2H3,(H,14,15). The summed E-state index contributed by atoms with van der Waals surface area (Å²) < 4.78 is 39.0. The Balaban J connectivity index is 3.74. The Morgan fingerprint density at radius 1 is 1.44 bits per heavy atom. The molecule has 0 aromatic rings. The van der Waals surface area contributed by atoms with E-state index in [-0.39, 0.29) is 6.54 Å². The van der Waals surface area contributed by atoms with E-state index < -0.39 is 30.7 Å². The van der Waals surface area contributed by atoms with Crippen LogP contribution in [0.15, 0.2) is 0 Å². The summed E-state index contributed by atoms with van der Waals surface area (Å²) in [6, 6.07) is 1.94. The number of nitrogens with zero attached hydrogens (tertiary/aromatic N) is 1. The van der Waals surface area contributed by atoms with Crippen molar-refractivity contribution in [1.82, 2.24) is 5.32 Å². The van der Waals surface area contributed by atoms with Crippen LogP contribution in [0.2, 0.25) is 0 Å². The van der Waals surface area contributed by atoms with Crippen LogP contribution in [0, 0.1) is 16.7 Å². The molecule has 1 amide bonds. The van der Waals surface area contributed by atoms with Gasteiger partial charge >= 0.3 is 6.18 Å². The largest absolute Gasteiger partial charge is 0.411 e. The lowest BCUT2D eigenvalue weighted by molar-refractivity contribution is -0.175. The van der Waals surface area contributed by atoms with Crippen LogP contribution < -0.4 is 5.32 Å². The molecule has 0 spiro atoms. The highest BCUT2D eigenvalue weighted by molar-refractivity contribution is 5.77. The van der Waals surface area contributed by atoms with E-state index in [0.717, 1.165) is 0 Å². The zero-order valence-corrected chi connectivity index (χ0v) is 9.02. The maximum Gasteiger partial charge on any atom is 0.411 e. The van der Waals surface area contributed by atoms with Crippen LogP contribution in [0.3, 0.4) is 0 Å². The van der Waals surface area contributed by atoms with E-state index in [1.54, 1.807) is 13.8 Å². The van der Waals surface area contributed by atoms with Crippen LogP contribution in [-0.4, -0.2) is 31.8 Å². The van der Waals surface area contributed by atoms with Crippen molar-refractivity contribution in [3.63, 3.8) is 0 Å². The third-order valence-corrected chi connectivity index (χ3v) is 1.53. The minimum absolute atomic E-state index is 0.0672. The molecule has 0 fully saturated rings. The molecule has 0 aromatic carbocycles. The van der Waals surface area contributed by atoms with Gasteiger partial charge in [-0.2, -0.15) is 18.4 Å². The molecule has 0 radical (unpaired) electrons. The summed E-state index contributed by atoms with van der Waals surface area (Å²) in [6.45, 7) is 1.15. The number of rotatable bonds is 5. The van der Waals surface area contributed by atoms with Gasteiger partial charge in [0.2, 0.25) is 5.91 Å². The molecule has 0 aromatic heterocycles. The highest BCUT2D eigenvalue weighted by Gasteiger charge is 2.27. The van der Waals surface area contributed by atoms with Gasteiger partial charge in [-0.05, 0) is 13.8 Å². The number of amides is 1. The van der Waals surface area contributed by atoms with Gasteiger partial charge in [0.1, 0.15) is 13.2 Å². The Bertz CT molecular complexity index is 281. The van der Waals surface area contributed by atoms with Gasteiger partial charge in [0.05, 0.1) is 11.5 Å². The van der Waals surface area contributed by atoms with Crippen molar-refractivity contribution in [3.8, 4) is 6.07 Å². The topological polar surface area (TPSA) is 62.1 Å². The third kappa shape index (κ3) is 8.05. The average molecular weight is 238 g/mol. The minimum Gasteiger partial charge on any atom is -0.362 e. The zero-order valence-electron chi connectivity index (χ0n) is 9.02. The van der Waals surface area contributed by atoms with E-state index in [1.165, 1.54) is 0 Å². The van der Waals surface area contributed by atoms with E-state index in [4.69, 9.17) is 5.26 Å². The summed E-state index contributed by atoms with van der Waals surface area (Å²) in [5.74, 6) is -0.674. The van der Waals surface area contributed by atoms with Crippen LogP contribution in [0.4, 0.5) is 13.2 Å². The molecule has 1 N–H and O–H groups in total.